The number of nitrogens with two attached hydrogens (primary N) is 1. The van der Waals surface area contributed by atoms with Gasteiger partial charge in [-0.15, -0.1) is 0 Å². The maximum Gasteiger partial charge on any atom is 0.250 e. The number of hydrogen-bond donors (Lipinski definition) is 4. The predicted octanol–water partition coefficient (Wildman–Crippen LogP) is -3.09. The van der Waals surface area contributed by atoms with Gasteiger partial charge in [-0.05, 0) is 0 Å². The van der Waals surface area contributed by atoms with Crippen molar-refractivity contribution in [2.24, 2.45) is 10.8 Å². The second kappa shape index (κ2) is 5.80. The van der Waals surface area contributed by atoms with Crippen LogP contribution >= 0.6 is 0 Å². The molecular weight excluding hydrogens is 382 g/mol. The molecule has 0 radical (unpaired) electrons. The third kappa shape index (κ3) is 2.56. The number of ether oxygens (including phenoxy) is 1. The van der Waals surface area contributed by atoms with Crippen molar-refractivity contribution in [3.63, 3.8) is 0 Å². The lowest BCUT2D eigenvalue weighted by Crippen LogP contribution is -2.33. The van der Waals surface area contributed by atoms with Gasteiger partial charge >= 0.3 is 0 Å². The van der Waals surface area contributed by atoms with Crippen molar-refractivity contribution >= 4 is 32.5 Å². The summed E-state index contributed by atoms with van der Waals surface area (Å²) >= 11 is 0. The van der Waals surface area contributed by atoms with E-state index in [2.05, 4.69) is 20.2 Å². The summed E-state index contributed by atoms with van der Waals surface area (Å²) in [6.45, 7) is -0.526. The second-order valence-electron chi connectivity index (χ2n) is 6.33. The minimum atomic E-state index is -3.77. The topological polar surface area (TPSA) is 189 Å². The zero-order valence-corrected chi connectivity index (χ0v) is 15.1. The SMILES string of the molecule is CN1N=C(N)c2nn(C3O[C@H](CO)[C@@H](O)[C@H]3O)c3nc(S(C)(=O)=O)nc1c23. The Morgan fingerprint density at radius 2 is 1.96 bits per heavy atom. The quantitative estimate of drug-likeness (QED) is 0.383. The normalized spacial score (nSPS) is 28.0. The number of nitrogens with zero attached hydrogens (tertiary/aromatic N) is 6. The van der Waals surface area contributed by atoms with Crippen LogP contribution in [0.2, 0.25) is 0 Å². The molecule has 27 heavy (non-hydrogen) atoms. The van der Waals surface area contributed by atoms with Crippen molar-refractivity contribution in [2.45, 2.75) is 29.7 Å². The molecule has 2 aromatic heterocycles. The summed E-state index contributed by atoms with van der Waals surface area (Å²) in [5.74, 6) is 0.207. The second-order valence-corrected chi connectivity index (χ2v) is 8.24. The number of hydrazone groups is 1. The first kappa shape index (κ1) is 18.0. The first-order valence-electron chi connectivity index (χ1n) is 7.84. The number of amidine groups is 1. The van der Waals surface area contributed by atoms with Gasteiger partial charge in [-0.3, -0.25) is 0 Å². The van der Waals surface area contributed by atoms with E-state index in [1.54, 1.807) is 0 Å². The van der Waals surface area contributed by atoms with Gasteiger partial charge < -0.3 is 25.8 Å². The van der Waals surface area contributed by atoms with Gasteiger partial charge in [0.15, 0.2) is 23.5 Å². The van der Waals surface area contributed by atoms with Gasteiger partial charge in [-0.2, -0.15) is 20.2 Å². The average Bonchev–Trinajstić information content (AvgIpc) is 3.11. The van der Waals surface area contributed by atoms with E-state index >= 15 is 0 Å². The van der Waals surface area contributed by atoms with Crippen LogP contribution in [0.4, 0.5) is 5.82 Å². The molecule has 1 unspecified atom stereocenters. The van der Waals surface area contributed by atoms with Crippen LogP contribution in [0.1, 0.15) is 11.9 Å². The first-order valence-corrected chi connectivity index (χ1v) is 9.73. The number of aliphatic hydroxyl groups is 3. The molecule has 4 rings (SSSR count). The first-order chi connectivity index (χ1) is 12.6. The summed E-state index contributed by atoms with van der Waals surface area (Å²) in [4.78, 5) is 8.10. The van der Waals surface area contributed by atoms with Crippen molar-refractivity contribution in [2.75, 3.05) is 24.9 Å². The fourth-order valence-electron chi connectivity index (χ4n) is 3.10. The van der Waals surface area contributed by atoms with E-state index in [0.717, 1.165) is 10.9 Å². The molecular formula is C13H17N7O6S. The van der Waals surface area contributed by atoms with E-state index in [9.17, 15) is 23.7 Å². The van der Waals surface area contributed by atoms with Gasteiger partial charge in [-0.1, -0.05) is 0 Å². The summed E-state index contributed by atoms with van der Waals surface area (Å²) in [6, 6.07) is 0. The van der Waals surface area contributed by atoms with Crippen molar-refractivity contribution in [3.05, 3.63) is 5.69 Å². The molecule has 0 amide bonds. The van der Waals surface area contributed by atoms with Crippen LogP contribution in [-0.2, 0) is 14.6 Å². The smallest absolute Gasteiger partial charge is 0.250 e. The third-order valence-corrected chi connectivity index (χ3v) is 5.25. The summed E-state index contributed by atoms with van der Waals surface area (Å²) < 4.78 is 30.6. The van der Waals surface area contributed by atoms with E-state index in [-0.39, 0.29) is 23.0 Å². The largest absolute Gasteiger partial charge is 0.394 e. The third-order valence-electron chi connectivity index (χ3n) is 4.41. The summed E-state index contributed by atoms with van der Waals surface area (Å²) in [7, 11) is -2.24. The minimum Gasteiger partial charge on any atom is -0.394 e. The van der Waals surface area contributed by atoms with Crippen LogP contribution in [0, 0.1) is 0 Å². The number of aliphatic hydroxyl groups excluding tert-OH is 3. The lowest BCUT2D eigenvalue weighted by atomic mass is 10.1. The van der Waals surface area contributed by atoms with Crippen molar-refractivity contribution in [1.82, 2.24) is 19.7 Å². The van der Waals surface area contributed by atoms with E-state index in [0.29, 0.717) is 5.39 Å². The van der Waals surface area contributed by atoms with Gasteiger partial charge in [0.2, 0.25) is 9.84 Å². The Hall–Kier alpha value is -2.39. The predicted molar refractivity (Wildman–Crippen MR) is 90.6 cm³/mol. The average molecular weight is 399 g/mol. The molecule has 5 N–H and O–H groups in total. The van der Waals surface area contributed by atoms with Crippen molar-refractivity contribution in [3.8, 4) is 0 Å². The number of hydrogen-bond acceptors (Lipinski definition) is 12. The summed E-state index contributed by atoms with van der Waals surface area (Å²) in [6.07, 6.45) is -4.11. The highest BCUT2D eigenvalue weighted by molar-refractivity contribution is 7.90. The standard InChI is InChI=1S/C13H17N7O6S/c1-19-10-5-6(9(14)18-19)17-20(11(5)16-13(15-10)27(2,24)25)12-8(23)7(22)4(3-21)26-12/h4,7-8,12,21-23H,3H2,1-2H3,(H2,14,18)/t4-,7-,8-,12?/m1/s1. The van der Waals surface area contributed by atoms with E-state index in [1.165, 1.54) is 12.1 Å². The van der Waals surface area contributed by atoms with Crippen molar-refractivity contribution in [1.29, 1.82) is 0 Å². The molecule has 0 bridgehead atoms. The molecule has 0 saturated carbocycles. The molecule has 4 atom stereocenters. The molecule has 13 nitrogen and oxygen atoms in total. The number of anilines is 1. The lowest BCUT2D eigenvalue weighted by molar-refractivity contribution is -0.0567. The van der Waals surface area contributed by atoms with E-state index in [4.69, 9.17) is 10.5 Å². The summed E-state index contributed by atoms with van der Waals surface area (Å²) in [5.41, 5.74) is 6.14. The molecule has 2 aliphatic rings. The highest BCUT2D eigenvalue weighted by Gasteiger charge is 2.45. The Kier molecular flexibility index (Phi) is 3.87. The Bertz CT molecular complexity index is 1070. The van der Waals surface area contributed by atoms with Gasteiger partial charge in [-0.25, -0.2) is 18.1 Å². The Balaban J connectivity index is 2.00. The van der Waals surface area contributed by atoms with Crippen LogP contribution in [0.5, 0.6) is 0 Å². The van der Waals surface area contributed by atoms with Gasteiger partial charge in [0, 0.05) is 13.3 Å². The molecule has 146 valence electrons. The maximum absolute atomic E-state index is 12.0. The number of aromatic nitrogens is 4. The highest BCUT2D eigenvalue weighted by atomic mass is 32.2. The fourth-order valence-corrected chi connectivity index (χ4v) is 3.60. The fraction of sp³-hybridized carbons (Fsp3) is 0.538. The molecule has 0 aromatic carbocycles. The van der Waals surface area contributed by atoms with Gasteiger partial charge in [0.1, 0.15) is 24.0 Å². The Labute approximate surface area is 152 Å². The van der Waals surface area contributed by atoms with Crippen LogP contribution in [0.15, 0.2) is 10.3 Å². The number of rotatable bonds is 3. The molecule has 2 aliphatic heterocycles. The van der Waals surface area contributed by atoms with Crippen LogP contribution in [0.25, 0.3) is 11.0 Å². The van der Waals surface area contributed by atoms with E-state index in [1.807, 2.05) is 0 Å². The molecule has 1 saturated heterocycles. The molecule has 2 aromatic rings. The molecule has 0 spiro atoms. The minimum absolute atomic E-state index is 0.0370. The van der Waals surface area contributed by atoms with Crippen LogP contribution < -0.4 is 10.7 Å². The van der Waals surface area contributed by atoms with Crippen LogP contribution in [-0.4, -0.2) is 87.5 Å². The highest BCUT2D eigenvalue weighted by Crippen LogP contribution is 2.36. The van der Waals surface area contributed by atoms with Crippen molar-refractivity contribution < 1.29 is 28.5 Å². The molecule has 0 aliphatic carbocycles. The number of sulfone groups is 1. The molecule has 1 fully saturated rings. The van der Waals surface area contributed by atoms with Gasteiger partial charge in [0.05, 0.1) is 12.0 Å². The van der Waals surface area contributed by atoms with Crippen LogP contribution in [0.3, 0.4) is 0 Å². The van der Waals surface area contributed by atoms with E-state index < -0.39 is 46.1 Å². The Morgan fingerprint density at radius 3 is 2.56 bits per heavy atom. The monoisotopic (exact) mass is 399 g/mol. The Morgan fingerprint density at radius 1 is 1.26 bits per heavy atom. The maximum atomic E-state index is 12.0. The zero-order chi connectivity index (χ0) is 19.7. The summed E-state index contributed by atoms with van der Waals surface area (Å²) in [5, 5.41) is 39.1. The molecule has 4 heterocycles. The molecule has 14 heteroatoms. The lowest BCUT2D eigenvalue weighted by Gasteiger charge is -2.18. The zero-order valence-electron chi connectivity index (χ0n) is 14.3. The van der Waals surface area contributed by atoms with Gasteiger partial charge in [0.25, 0.3) is 5.16 Å².